The van der Waals surface area contributed by atoms with Crippen molar-refractivity contribution < 1.29 is 71.6 Å². The minimum Gasteiger partial charge on any atom is -1.00 e. The molecule has 0 unspecified atom stereocenters. The Balaban J connectivity index is 0.00000706. The molecule has 2 amide bonds. The monoisotopic (exact) mass is 1290 g/mol. The highest BCUT2D eigenvalue weighted by Gasteiger charge is 2.31. The van der Waals surface area contributed by atoms with Crippen molar-refractivity contribution in [2.24, 2.45) is 0 Å². The highest BCUT2D eigenvalue weighted by Crippen LogP contribution is 2.31. The number of anilines is 2. The van der Waals surface area contributed by atoms with E-state index in [0.29, 0.717) is 65.7 Å². The number of benzene rings is 4. The number of hydrogen-bond acceptors (Lipinski definition) is 8. The van der Waals surface area contributed by atoms with Gasteiger partial charge in [0.1, 0.15) is 11.5 Å². The van der Waals surface area contributed by atoms with Crippen LogP contribution in [0, 0.1) is 13.8 Å². The number of aromatic nitrogens is 2. The zero-order chi connectivity index (χ0) is 55.7. The Morgan fingerprint density at radius 1 is 0.457 bits per heavy atom. The number of nitrogens with zero attached hydrogens (tertiary/aromatic N) is 2. The molecular formula is C66H91Br2ClN4O6S2. The Labute approximate surface area is 519 Å². The van der Waals surface area contributed by atoms with E-state index in [9.17, 15) is 9.59 Å². The van der Waals surface area contributed by atoms with Gasteiger partial charge in [0, 0.05) is 42.4 Å². The number of aryl methyl sites for hydroxylation is 2. The Kier molecular flexibility index (Phi) is 34.7. The number of rotatable bonds is 41. The van der Waals surface area contributed by atoms with Gasteiger partial charge in [-0.25, -0.2) is 0 Å². The first-order valence-corrected chi connectivity index (χ1v) is 32.0. The lowest BCUT2D eigenvalue weighted by Gasteiger charge is -2.13. The number of thiazole rings is 2. The Bertz CT molecular complexity index is 2680. The molecule has 10 nitrogen and oxygen atoms in total. The van der Waals surface area contributed by atoms with Crippen molar-refractivity contribution in [3.05, 3.63) is 129 Å². The van der Waals surface area contributed by atoms with Gasteiger partial charge in [0.05, 0.1) is 29.0 Å². The van der Waals surface area contributed by atoms with Crippen molar-refractivity contribution in [2.75, 3.05) is 37.1 Å². The SMILES string of the molecule is CCCCCCCCCCCCCCOc1ccc(OCC(=O)Nc2ccc(C[n+]3c(C)csc3-c3scc(C)[n+]3Cc3ccc(NC(=O)COc4ccccc4OCCCCCCCCCCCCCC)cc3)cc2)cc1Cl.[Br-].[Br-]. The first kappa shape index (κ1) is 69.0. The second-order valence-corrected chi connectivity index (χ2v) is 23.2. The number of unbranched alkanes of at least 4 members (excludes halogenated alkanes) is 22. The lowest BCUT2D eigenvalue weighted by molar-refractivity contribution is -0.706. The van der Waals surface area contributed by atoms with E-state index in [-0.39, 0.29) is 59.0 Å². The van der Waals surface area contributed by atoms with Crippen molar-refractivity contribution in [3.63, 3.8) is 0 Å². The molecule has 0 fully saturated rings. The van der Waals surface area contributed by atoms with Crippen molar-refractivity contribution in [2.45, 2.75) is 195 Å². The van der Waals surface area contributed by atoms with Crippen LogP contribution in [0.1, 0.15) is 190 Å². The molecule has 4 aromatic carbocycles. The fourth-order valence-electron chi connectivity index (χ4n) is 9.65. The largest absolute Gasteiger partial charge is 1.00 e. The number of carbonyl (C=O) groups excluding carboxylic acids is 2. The molecule has 0 aliphatic heterocycles. The minimum atomic E-state index is -0.258. The molecule has 0 atom stereocenters. The summed E-state index contributed by atoms with van der Waals surface area (Å²) in [6.45, 7) is 11.2. The van der Waals surface area contributed by atoms with Gasteiger partial charge in [-0.05, 0) is 61.4 Å². The van der Waals surface area contributed by atoms with Crippen LogP contribution in [-0.2, 0) is 22.7 Å². The number of para-hydroxylation sites is 2. The summed E-state index contributed by atoms with van der Waals surface area (Å²) in [5, 5.41) is 13.2. The molecular weight excluding hydrogens is 1200 g/mol. The fourth-order valence-corrected chi connectivity index (χ4v) is 12.1. The smallest absolute Gasteiger partial charge is 0.346 e. The van der Waals surface area contributed by atoms with Gasteiger partial charge in [0.25, 0.3) is 11.8 Å². The molecule has 0 bridgehead atoms. The van der Waals surface area contributed by atoms with Crippen LogP contribution in [0.3, 0.4) is 0 Å². The molecule has 0 aliphatic carbocycles. The highest BCUT2D eigenvalue weighted by atomic mass is 79.9. The first-order chi connectivity index (χ1) is 38.7. The Morgan fingerprint density at radius 3 is 1.23 bits per heavy atom. The normalized spacial score (nSPS) is 10.9. The van der Waals surface area contributed by atoms with Gasteiger partial charge in [-0.2, -0.15) is 9.13 Å². The van der Waals surface area contributed by atoms with Crippen LogP contribution >= 0.6 is 34.3 Å². The lowest BCUT2D eigenvalue weighted by Crippen LogP contribution is -3.00. The number of carbonyl (C=O) groups is 2. The molecule has 444 valence electrons. The minimum absolute atomic E-state index is 0. The van der Waals surface area contributed by atoms with Crippen molar-refractivity contribution in [1.82, 2.24) is 0 Å². The van der Waals surface area contributed by atoms with Gasteiger partial charge in [-0.15, -0.1) is 0 Å². The van der Waals surface area contributed by atoms with E-state index in [1.807, 2.05) is 54.6 Å². The molecule has 6 aromatic rings. The van der Waals surface area contributed by atoms with E-state index < -0.39 is 0 Å². The lowest BCUT2D eigenvalue weighted by atomic mass is 10.1. The van der Waals surface area contributed by atoms with E-state index in [1.54, 1.807) is 34.8 Å². The molecule has 0 radical (unpaired) electrons. The van der Waals surface area contributed by atoms with Crippen LogP contribution in [0.25, 0.3) is 10.0 Å². The molecule has 0 saturated carbocycles. The van der Waals surface area contributed by atoms with Gasteiger partial charge in [-0.1, -0.05) is 226 Å². The van der Waals surface area contributed by atoms with Gasteiger partial charge >= 0.3 is 10.0 Å². The second-order valence-electron chi connectivity index (χ2n) is 21.1. The maximum Gasteiger partial charge on any atom is 0.346 e. The molecule has 2 heterocycles. The first-order valence-electron chi connectivity index (χ1n) is 29.8. The molecule has 2 N–H and O–H groups in total. The average molecular weight is 1300 g/mol. The zero-order valence-electron chi connectivity index (χ0n) is 48.8. The summed E-state index contributed by atoms with van der Waals surface area (Å²) >= 11 is 10.0. The number of halogens is 3. The molecule has 81 heavy (non-hydrogen) atoms. The van der Waals surface area contributed by atoms with Gasteiger partial charge < -0.3 is 63.5 Å². The maximum atomic E-state index is 13.0. The summed E-state index contributed by atoms with van der Waals surface area (Å²) in [4.78, 5) is 26.0. The number of hydrogen-bond donors (Lipinski definition) is 2. The predicted octanol–water partition coefficient (Wildman–Crippen LogP) is 11.6. The van der Waals surface area contributed by atoms with Crippen LogP contribution < -0.4 is 72.7 Å². The summed E-state index contributed by atoms with van der Waals surface area (Å²) in [6.07, 6.45) is 31.2. The molecule has 0 saturated heterocycles. The van der Waals surface area contributed by atoms with E-state index in [0.717, 1.165) is 36.8 Å². The number of nitrogens with one attached hydrogen (secondary N) is 2. The highest BCUT2D eigenvalue weighted by molar-refractivity contribution is 7.19. The fraction of sp³-hybridized carbons (Fsp3) is 0.515. The van der Waals surface area contributed by atoms with Crippen molar-refractivity contribution >= 4 is 57.5 Å². The average Bonchev–Trinajstić information content (AvgIpc) is 4.01. The number of ether oxygens (including phenoxy) is 4. The summed E-state index contributed by atoms with van der Waals surface area (Å²) in [5.74, 6) is 1.89. The van der Waals surface area contributed by atoms with Crippen LogP contribution in [0.4, 0.5) is 11.4 Å². The Morgan fingerprint density at radius 2 is 0.827 bits per heavy atom. The van der Waals surface area contributed by atoms with E-state index >= 15 is 0 Å². The van der Waals surface area contributed by atoms with E-state index in [4.69, 9.17) is 30.5 Å². The zero-order valence-corrected chi connectivity index (χ0v) is 54.4. The third-order valence-corrected chi connectivity index (χ3v) is 17.0. The summed E-state index contributed by atoms with van der Waals surface area (Å²) in [5.41, 5.74) is 5.98. The van der Waals surface area contributed by atoms with Crippen molar-refractivity contribution in [1.29, 1.82) is 0 Å². The maximum absolute atomic E-state index is 13.0. The second kappa shape index (κ2) is 40.7. The third kappa shape index (κ3) is 25.9. The standard InChI is InChI=1S/C66H89ClN4O6S2.2BrH/c1-5-7-9-11-13-15-17-19-21-23-25-29-43-74-60-42-41-58(45-59(60)67)76-48-63(72)68-56-37-33-54(34-38-56)46-70-52(3)50-78-65(70)66-71(53(4)51-79-66)47-55-35-39-57(40-36-55)69-64(73)49-77-62-32-28-27-31-61(62)75-44-30-26-24-22-20-18-16-14-12-10-8-6-2;;/h27-28,31-42,45,50-51H,5-26,29-30,43-44,46-49H2,1-4H3;2*1H. The molecule has 0 spiro atoms. The van der Waals surface area contributed by atoms with Gasteiger partial charge in [0.2, 0.25) is 0 Å². The topological polar surface area (TPSA) is 103 Å². The third-order valence-electron chi connectivity index (χ3n) is 14.4. The van der Waals surface area contributed by atoms with Crippen LogP contribution in [0.5, 0.6) is 23.0 Å². The van der Waals surface area contributed by atoms with Crippen LogP contribution in [0.15, 0.2) is 102 Å². The quantitative estimate of drug-likeness (QED) is 0.0293. The molecule has 2 aromatic heterocycles. The van der Waals surface area contributed by atoms with Gasteiger partial charge in [-0.3, -0.25) is 9.59 Å². The van der Waals surface area contributed by atoms with Crippen molar-refractivity contribution in [3.8, 4) is 33.0 Å². The van der Waals surface area contributed by atoms with Gasteiger partial charge in [0.15, 0.2) is 49.2 Å². The molecule has 15 heteroatoms. The van der Waals surface area contributed by atoms with E-state index in [1.165, 1.54) is 150 Å². The molecule has 0 aliphatic rings. The summed E-state index contributed by atoms with van der Waals surface area (Å²) in [6, 6.07) is 28.9. The summed E-state index contributed by atoms with van der Waals surface area (Å²) < 4.78 is 28.5. The summed E-state index contributed by atoms with van der Waals surface area (Å²) in [7, 11) is 0. The molecule has 6 rings (SSSR count). The number of amides is 2. The predicted molar refractivity (Wildman–Crippen MR) is 328 cm³/mol. The van der Waals surface area contributed by atoms with Crippen LogP contribution in [-0.4, -0.2) is 38.2 Å². The van der Waals surface area contributed by atoms with Crippen LogP contribution in [0.2, 0.25) is 5.02 Å². The Hall–Kier alpha value is -4.47. The van der Waals surface area contributed by atoms with E-state index in [2.05, 4.69) is 82.5 Å².